The summed E-state index contributed by atoms with van der Waals surface area (Å²) < 4.78 is 26.2. The molecule has 1 aliphatic rings. The molecule has 0 aromatic heterocycles. The molecule has 0 unspecified atom stereocenters. The standard InChI is InChI=1S/C13H20N2O5S/c1-9-2-3-10(6-12(9)17)21(19,20)15-7-11(13(18)8-15)14-4-5-16/h2-3,6,11,13-14,16-18H,4-5,7-8H2,1H3/t11-,13-/m1/s1. The lowest BCUT2D eigenvalue weighted by Gasteiger charge is -2.17. The van der Waals surface area contributed by atoms with Crippen LogP contribution < -0.4 is 5.32 Å². The summed E-state index contributed by atoms with van der Waals surface area (Å²) in [6, 6.07) is 3.78. The van der Waals surface area contributed by atoms with E-state index in [0.717, 1.165) is 0 Å². The zero-order valence-corrected chi connectivity index (χ0v) is 12.5. The monoisotopic (exact) mass is 316 g/mol. The normalized spacial score (nSPS) is 23.6. The Labute approximate surface area is 123 Å². The number of phenols is 1. The van der Waals surface area contributed by atoms with Gasteiger partial charge >= 0.3 is 0 Å². The third-order valence-corrected chi connectivity index (χ3v) is 5.42. The number of β-amino-alcohol motifs (C(OH)–C–C–N with tert-alkyl or cyclic N) is 1. The topological polar surface area (TPSA) is 110 Å². The molecule has 2 rings (SSSR count). The lowest BCUT2D eigenvalue weighted by molar-refractivity contribution is 0.156. The van der Waals surface area contributed by atoms with Crippen LogP contribution in [0.4, 0.5) is 0 Å². The van der Waals surface area contributed by atoms with Gasteiger partial charge in [0, 0.05) is 31.7 Å². The molecular weight excluding hydrogens is 296 g/mol. The lowest BCUT2D eigenvalue weighted by Crippen LogP contribution is -2.40. The molecule has 0 aliphatic carbocycles. The van der Waals surface area contributed by atoms with Crippen LogP contribution in [0.15, 0.2) is 23.1 Å². The first kappa shape index (κ1) is 16.2. The number of aliphatic hydroxyl groups is 2. The molecule has 4 N–H and O–H groups in total. The van der Waals surface area contributed by atoms with Crippen LogP contribution in [0.25, 0.3) is 0 Å². The number of nitrogens with one attached hydrogen (secondary N) is 1. The number of nitrogens with zero attached hydrogens (tertiary/aromatic N) is 1. The summed E-state index contributed by atoms with van der Waals surface area (Å²) in [4.78, 5) is 0.000563. The molecule has 7 nitrogen and oxygen atoms in total. The number of aryl methyl sites for hydroxylation is 1. The van der Waals surface area contributed by atoms with Crippen molar-refractivity contribution in [3.8, 4) is 5.75 Å². The molecule has 0 saturated carbocycles. The predicted octanol–water partition coefficient (Wildman–Crippen LogP) is -0.984. The lowest BCUT2D eigenvalue weighted by atomic mass is 10.2. The van der Waals surface area contributed by atoms with E-state index in [4.69, 9.17) is 5.11 Å². The summed E-state index contributed by atoms with van der Waals surface area (Å²) in [5, 5.41) is 31.2. The van der Waals surface area contributed by atoms with Crippen LogP contribution >= 0.6 is 0 Å². The van der Waals surface area contributed by atoms with E-state index in [0.29, 0.717) is 12.1 Å². The molecule has 0 bridgehead atoms. The highest BCUT2D eigenvalue weighted by Gasteiger charge is 2.38. The van der Waals surface area contributed by atoms with E-state index in [-0.39, 0.29) is 30.3 Å². The van der Waals surface area contributed by atoms with Gasteiger partial charge in [-0.15, -0.1) is 0 Å². The minimum atomic E-state index is -3.76. The predicted molar refractivity (Wildman–Crippen MR) is 76.5 cm³/mol. The van der Waals surface area contributed by atoms with Crippen molar-refractivity contribution >= 4 is 10.0 Å². The van der Waals surface area contributed by atoms with Crippen molar-refractivity contribution in [1.29, 1.82) is 0 Å². The number of aromatic hydroxyl groups is 1. The SMILES string of the molecule is Cc1ccc(S(=O)(=O)N2C[C@@H](O)[C@H](NCCO)C2)cc1O. The molecule has 0 spiro atoms. The van der Waals surface area contributed by atoms with Crippen molar-refractivity contribution in [2.24, 2.45) is 0 Å². The minimum Gasteiger partial charge on any atom is -0.508 e. The Balaban J connectivity index is 2.18. The summed E-state index contributed by atoms with van der Waals surface area (Å²) >= 11 is 0. The van der Waals surface area contributed by atoms with E-state index in [1.54, 1.807) is 6.92 Å². The van der Waals surface area contributed by atoms with Crippen molar-refractivity contribution in [2.75, 3.05) is 26.2 Å². The number of hydrogen-bond acceptors (Lipinski definition) is 6. The van der Waals surface area contributed by atoms with Gasteiger partial charge in [0.2, 0.25) is 10.0 Å². The fourth-order valence-electron chi connectivity index (χ4n) is 2.30. The van der Waals surface area contributed by atoms with Crippen LogP contribution in [-0.2, 0) is 10.0 Å². The first-order valence-corrected chi connectivity index (χ1v) is 8.12. The van der Waals surface area contributed by atoms with Gasteiger partial charge in [0.25, 0.3) is 0 Å². The fourth-order valence-corrected chi connectivity index (χ4v) is 3.80. The molecule has 1 fully saturated rings. The number of rotatable bonds is 5. The van der Waals surface area contributed by atoms with E-state index in [1.165, 1.54) is 22.5 Å². The van der Waals surface area contributed by atoms with E-state index in [2.05, 4.69) is 5.32 Å². The Bertz CT molecular complexity index is 605. The number of hydrogen-bond donors (Lipinski definition) is 4. The number of sulfonamides is 1. The second-order valence-corrected chi connectivity index (χ2v) is 7.06. The number of aliphatic hydroxyl groups excluding tert-OH is 2. The second-order valence-electron chi connectivity index (χ2n) is 5.12. The molecule has 1 heterocycles. The largest absolute Gasteiger partial charge is 0.508 e. The maximum absolute atomic E-state index is 12.5. The Morgan fingerprint density at radius 2 is 2.10 bits per heavy atom. The Morgan fingerprint density at radius 1 is 1.38 bits per heavy atom. The van der Waals surface area contributed by atoms with Gasteiger partial charge in [-0.1, -0.05) is 6.07 Å². The zero-order valence-electron chi connectivity index (χ0n) is 11.7. The first-order chi connectivity index (χ1) is 9.86. The Kier molecular flexibility index (Phi) is 4.84. The molecule has 1 aliphatic heterocycles. The smallest absolute Gasteiger partial charge is 0.243 e. The van der Waals surface area contributed by atoms with Gasteiger partial charge in [-0.3, -0.25) is 0 Å². The highest BCUT2D eigenvalue weighted by Crippen LogP contribution is 2.26. The quantitative estimate of drug-likeness (QED) is 0.556. The first-order valence-electron chi connectivity index (χ1n) is 6.68. The van der Waals surface area contributed by atoms with Crippen molar-refractivity contribution < 1.29 is 23.7 Å². The summed E-state index contributed by atoms with van der Waals surface area (Å²) in [6.45, 7) is 2.00. The maximum atomic E-state index is 12.5. The van der Waals surface area contributed by atoms with Crippen molar-refractivity contribution in [3.63, 3.8) is 0 Å². The van der Waals surface area contributed by atoms with Crippen LogP contribution in [0.2, 0.25) is 0 Å². The third kappa shape index (κ3) is 3.35. The minimum absolute atomic E-state index is 0.000563. The molecule has 21 heavy (non-hydrogen) atoms. The molecule has 118 valence electrons. The van der Waals surface area contributed by atoms with Gasteiger partial charge in [-0.25, -0.2) is 8.42 Å². The van der Waals surface area contributed by atoms with Crippen molar-refractivity contribution in [3.05, 3.63) is 23.8 Å². The molecule has 1 saturated heterocycles. The van der Waals surface area contributed by atoms with E-state index < -0.39 is 22.2 Å². The zero-order chi connectivity index (χ0) is 15.6. The van der Waals surface area contributed by atoms with Crippen molar-refractivity contribution in [2.45, 2.75) is 24.0 Å². The summed E-state index contributed by atoms with van der Waals surface area (Å²) in [6.07, 6.45) is -0.828. The van der Waals surface area contributed by atoms with E-state index in [1.807, 2.05) is 0 Å². The molecule has 0 amide bonds. The van der Waals surface area contributed by atoms with E-state index >= 15 is 0 Å². The second kappa shape index (κ2) is 6.29. The van der Waals surface area contributed by atoms with Gasteiger partial charge < -0.3 is 20.6 Å². The number of phenolic OH excluding ortho intramolecular Hbond substituents is 1. The van der Waals surface area contributed by atoms with Gasteiger partial charge in [0.05, 0.1) is 17.6 Å². The molecule has 0 radical (unpaired) electrons. The molecular formula is C13H20N2O5S. The highest BCUT2D eigenvalue weighted by atomic mass is 32.2. The summed E-state index contributed by atoms with van der Waals surface area (Å²) in [5.74, 6) is -0.0780. The highest BCUT2D eigenvalue weighted by molar-refractivity contribution is 7.89. The Morgan fingerprint density at radius 3 is 2.71 bits per heavy atom. The van der Waals surface area contributed by atoms with Gasteiger partial charge in [0.15, 0.2) is 0 Å². The molecule has 1 aromatic rings. The van der Waals surface area contributed by atoms with Gasteiger partial charge in [0.1, 0.15) is 5.75 Å². The molecule has 8 heteroatoms. The van der Waals surface area contributed by atoms with Crippen LogP contribution in [0.5, 0.6) is 5.75 Å². The average Bonchev–Trinajstić information content (AvgIpc) is 2.81. The fraction of sp³-hybridized carbons (Fsp3) is 0.538. The average molecular weight is 316 g/mol. The van der Waals surface area contributed by atoms with Crippen LogP contribution in [0.1, 0.15) is 5.56 Å². The van der Waals surface area contributed by atoms with Crippen LogP contribution in [-0.4, -0.2) is 66.4 Å². The van der Waals surface area contributed by atoms with Crippen LogP contribution in [0, 0.1) is 6.92 Å². The maximum Gasteiger partial charge on any atom is 0.243 e. The van der Waals surface area contributed by atoms with Crippen molar-refractivity contribution in [1.82, 2.24) is 9.62 Å². The summed E-state index contributed by atoms with van der Waals surface area (Å²) in [5.41, 5.74) is 0.595. The van der Waals surface area contributed by atoms with E-state index in [9.17, 15) is 18.6 Å². The summed E-state index contributed by atoms with van der Waals surface area (Å²) in [7, 11) is -3.76. The van der Waals surface area contributed by atoms with Gasteiger partial charge in [-0.2, -0.15) is 4.31 Å². The number of benzene rings is 1. The third-order valence-electron chi connectivity index (χ3n) is 3.59. The van der Waals surface area contributed by atoms with Gasteiger partial charge in [-0.05, 0) is 18.6 Å². The van der Waals surface area contributed by atoms with Crippen LogP contribution in [0.3, 0.4) is 0 Å². The molecule has 1 aromatic carbocycles. The molecule has 2 atom stereocenters. The Hall–Kier alpha value is -1.19.